The number of nitrogens with two attached hydrogens (primary N) is 2. The first-order chi connectivity index (χ1) is 64.7. The number of urea groups is 5. The second-order valence-electron chi connectivity index (χ2n) is 38.6. The van der Waals surface area contributed by atoms with E-state index in [1.54, 1.807) is 37.5 Å². The minimum absolute atomic E-state index is 0.000324. The molecule has 15 fully saturated rings. The summed E-state index contributed by atoms with van der Waals surface area (Å²) in [5.41, 5.74) is 10.6. The molecule has 13 heterocycles. The fourth-order valence-electron chi connectivity index (χ4n) is 19.8. The molecule has 730 valence electrons. The van der Waals surface area contributed by atoms with E-state index >= 15 is 0 Å². The highest BCUT2D eigenvalue weighted by Gasteiger charge is 2.54. The molecule has 45 heteroatoms. The number of rotatable bonds is 23. The summed E-state index contributed by atoms with van der Waals surface area (Å²) in [6, 6.07) is 26.9. The molecule has 9 N–H and O–H groups in total. The maximum Gasteiger partial charge on any atom is 0.418 e. The summed E-state index contributed by atoms with van der Waals surface area (Å²) < 4.78 is 40.1. The van der Waals surface area contributed by atoms with Crippen LogP contribution in [0.25, 0.3) is 0 Å². The van der Waals surface area contributed by atoms with Crippen molar-refractivity contribution in [3.05, 3.63) is 138 Å². The van der Waals surface area contributed by atoms with Gasteiger partial charge in [0.25, 0.3) is 5.91 Å². The number of nitrogens with zero attached hydrogens (tertiary/aromatic N) is 16. The lowest BCUT2D eigenvalue weighted by molar-refractivity contribution is -0.191. The number of piperidine rings is 5. The van der Waals surface area contributed by atoms with Crippen molar-refractivity contribution < 1.29 is 94.5 Å². The maximum absolute atomic E-state index is 12.9. The molecule has 0 unspecified atom stereocenters. The summed E-state index contributed by atoms with van der Waals surface area (Å²) >= 11 is 4.83. The van der Waals surface area contributed by atoms with Crippen LogP contribution in [0.15, 0.2) is 91.0 Å². The zero-order valence-corrected chi connectivity index (χ0v) is 79.8. The van der Waals surface area contributed by atoms with Crippen molar-refractivity contribution in [3.8, 4) is 0 Å². The smallest absolute Gasteiger partial charge is 0.418 e. The van der Waals surface area contributed by atoms with Crippen molar-refractivity contribution >= 4 is 104 Å². The van der Waals surface area contributed by atoms with Crippen LogP contribution in [0.5, 0.6) is 0 Å². The van der Waals surface area contributed by atoms with Crippen LogP contribution in [-0.4, -0.2) is 258 Å². The zero-order valence-electron chi connectivity index (χ0n) is 76.5. The number of hydroxylamine groups is 10. The number of carbonyl (C=O) groups is 9. The first-order valence-corrected chi connectivity index (χ1v) is 50.5. The van der Waals surface area contributed by atoms with Crippen molar-refractivity contribution in [1.29, 1.82) is 0 Å². The van der Waals surface area contributed by atoms with Crippen LogP contribution in [0.3, 0.4) is 0 Å². The lowest BCUT2D eigenvalue weighted by Crippen LogP contribution is -2.51. The lowest BCUT2D eigenvalue weighted by atomic mass is 9.74. The first-order valence-electron chi connectivity index (χ1n) is 46.7. The predicted octanol–water partition coefficient (Wildman–Crippen LogP) is 10.9. The summed E-state index contributed by atoms with van der Waals surface area (Å²) in [6.45, 7) is 16.1. The third-order valence-corrected chi connectivity index (χ3v) is 31.4. The fourth-order valence-corrected chi connectivity index (χ4v) is 23.5. The Bertz CT molecular complexity index is 5270. The van der Waals surface area contributed by atoms with Crippen LogP contribution in [-0.2, 0) is 77.7 Å². The Kier molecular flexibility index (Phi) is 32.2. The number of ketones is 1. The maximum atomic E-state index is 12.9. The molecule has 15 aliphatic rings. The number of alkyl carbamates (subject to hydrolysis) is 1. The van der Waals surface area contributed by atoms with Crippen molar-refractivity contribution in [2.45, 2.75) is 292 Å². The molecule has 3 aromatic heterocycles. The van der Waals surface area contributed by atoms with Crippen LogP contribution in [0, 0.1) is 23.7 Å². The molecule has 21 rings (SSSR count). The Morgan fingerprint density at radius 1 is 0.474 bits per heavy atom. The molecule has 10 atom stereocenters. The largest absolute Gasteiger partial charge is 0.444 e. The van der Waals surface area contributed by atoms with Gasteiger partial charge < -0.3 is 45.6 Å². The normalized spacial score (nSPS) is 28.7. The van der Waals surface area contributed by atoms with Crippen molar-refractivity contribution in [3.63, 3.8) is 0 Å². The Morgan fingerprint density at radius 3 is 1.20 bits per heavy atom. The van der Waals surface area contributed by atoms with Gasteiger partial charge in [0.2, 0.25) is 5.91 Å². The quantitative estimate of drug-likeness (QED) is 0.0103. The van der Waals surface area contributed by atoms with E-state index in [1.165, 1.54) is 63.4 Å². The Labute approximate surface area is 795 Å². The van der Waals surface area contributed by atoms with Gasteiger partial charge in [-0.1, -0.05) is 146 Å². The molecular formula is C90H121N21O20S4. The first kappa shape index (κ1) is 99.1. The molecule has 3 aromatic carbocycles. The van der Waals surface area contributed by atoms with Gasteiger partial charge in [0, 0.05) is 68.5 Å². The van der Waals surface area contributed by atoms with Crippen molar-refractivity contribution in [2.75, 3.05) is 39.3 Å². The Balaban J connectivity index is 0.000000124. The highest BCUT2D eigenvalue weighted by Crippen LogP contribution is 2.49. The molecule has 6 aromatic rings. The molecule has 10 saturated heterocycles. The minimum Gasteiger partial charge on any atom is -0.444 e. The summed E-state index contributed by atoms with van der Waals surface area (Å²) in [5, 5.41) is 53.2. The summed E-state index contributed by atoms with van der Waals surface area (Å²) in [5.74, 6) is 8.46. The van der Waals surface area contributed by atoms with E-state index in [9.17, 15) is 56.8 Å². The molecule has 10 aliphatic heterocycles. The number of fused-ring (bicyclic) bond motifs is 10. The van der Waals surface area contributed by atoms with E-state index in [4.69, 9.17) is 45.0 Å². The van der Waals surface area contributed by atoms with Gasteiger partial charge in [-0.3, -0.25) is 44.1 Å². The van der Waals surface area contributed by atoms with Gasteiger partial charge in [-0.2, -0.15) is 38.3 Å². The van der Waals surface area contributed by atoms with Gasteiger partial charge >= 0.3 is 52.8 Å². The third-order valence-electron chi connectivity index (χ3n) is 27.5. The van der Waals surface area contributed by atoms with Gasteiger partial charge in [-0.05, 0) is 190 Å². The summed E-state index contributed by atoms with van der Waals surface area (Å²) in [6.07, 6.45) is 19.2. The number of ether oxygens (including phenoxy) is 1. The van der Waals surface area contributed by atoms with Crippen LogP contribution >= 0.6 is 34.0 Å². The predicted molar refractivity (Wildman–Crippen MR) is 485 cm³/mol. The van der Waals surface area contributed by atoms with E-state index in [2.05, 4.69) is 71.7 Å². The standard InChI is InChI=1S/C21H27N3O4.C20H24N4O2S.C14H18N4O3.C13H18N4O2S.C12H17N5O5S2.C9H17NO2.CO2/c1-14-9-16(10-14)19(25)11-22-20(26)18-8-7-17-12-23(18)21(27)24(17)28-13-15-5-3-2-4-6-15;1-13-9-15(10-13)18-21-22-19(27-18)17-8-7-16-11-23(17)20(25)24(16)26-12-14-5-3-2-4-6-14;15-16-13(19)12-7-6-11-8-17(12)14(20)18(11)21-9-10-4-2-1-3-5-10;1-7-4-8(5-7)11-14-15-12(20-11)10-3-2-9-6-16(10)13(18)17(9)19;13-7-3-6(4-7)10-14-15-11(23-10)9-2-1-8-5-16(9)12(18)17(8)22-24(19,20)21;1-9(2,3)12-8(11)10-7-5-4-6-7;2-1-3/h2-6,14,16-18H,7-13H2,1H3,(H,22,26);2-6,13,15-17H,7-12H2,1H3;1-5,11-12H,6-9,15H2,(H,16,19);7-10,19H,2-6H2,1H3;6-9H,1-5,13H2,(H,19,20,21);7H,4-6H2,1-3H3,(H,10,11);/t14?,16?,17-,18+;13?,15?,16-,17+;11-,12+;7?,8?,9-,10+;6?,7?,8-,9+;;/m11111../s1. The number of carbonyl (C=O) groups excluding carboxylic acids is 11. The van der Waals surface area contributed by atoms with Gasteiger partial charge in [-0.25, -0.2) is 39.7 Å². The monoisotopic (exact) mass is 1940 g/mol. The fraction of sp³-hybridized carbons (Fsp3) is 0.622. The van der Waals surface area contributed by atoms with Gasteiger partial charge in [0.1, 0.15) is 67.6 Å². The lowest BCUT2D eigenvalue weighted by Gasteiger charge is -2.32. The second kappa shape index (κ2) is 43.9. The topological polar surface area (TPSA) is 506 Å². The van der Waals surface area contributed by atoms with Crippen molar-refractivity contribution in [2.24, 2.45) is 35.2 Å². The zero-order chi connectivity index (χ0) is 95.7. The number of aromatic nitrogens is 6. The van der Waals surface area contributed by atoms with Crippen LogP contribution in [0.1, 0.15) is 259 Å². The molecule has 135 heavy (non-hydrogen) atoms. The summed E-state index contributed by atoms with van der Waals surface area (Å²) in [4.78, 5) is 152. The number of benzene rings is 3. The van der Waals surface area contributed by atoms with Gasteiger partial charge in [-0.15, -0.1) is 34.9 Å². The number of hydrogen-bond acceptors (Lipinski definition) is 30. The van der Waals surface area contributed by atoms with Crippen molar-refractivity contribution in [1.82, 2.24) is 96.5 Å². The molecule has 0 radical (unpaired) electrons. The average molecular weight is 1950 g/mol. The number of Topliss-reactive ketones (excluding diaryl/α,β-unsaturated/α-hetero) is 1. The minimum atomic E-state index is -4.73. The van der Waals surface area contributed by atoms with E-state index in [-0.39, 0.29) is 120 Å². The SMILES string of the molecule is CC(C)(C)OC(=O)NC1CCC1.CC1CC(C(=O)CNC(=O)[C@@H]2CC[C@@H]3CN2C(=O)N3OCc2ccccc2)C1.CC1CC(c2nnc([C@@H]3CC[C@@H]4CN3C(=O)N4O)s2)C1.CC1CC(c2nnc([C@@H]3CC[C@@H]4CN3C(=O)N4OCc3ccccc3)s2)C1.NC1CC(c2nnc([C@@H]3CC[C@@H]4CN3C(=O)N4OS(=O)(=O)O)s2)C1.NNC(=O)[C@@H]1CC[C@@H]2CN1C(=O)N2OCc1ccccc1.O=C=O. The molecule has 5 saturated carbocycles. The number of hydrogen-bond donors (Lipinski definition) is 7. The van der Waals surface area contributed by atoms with Crippen LogP contribution in [0.2, 0.25) is 0 Å². The average Bonchev–Trinajstić information content (AvgIpc) is 1.62. The highest BCUT2D eigenvalue weighted by molar-refractivity contribution is 7.80. The number of nitrogens with one attached hydrogen (secondary N) is 3. The molecule has 5 aliphatic carbocycles. The summed E-state index contributed by atoms with van der Waals surface area (Å²) in [7, 11) is -4.73. The molecule has 13 amide bonds. The second-order valence-corrected chi connectivity index (χ2v) is 42.7. The van der Waals surface area contributed by atoms with Crippen LogP contribution in [0.4, 0.5) is 28.8 Å². The Morgan fingerprint density at radius 2 is 0.822 bits per heavy atom. The van der Waals surface area contributed by atoms with E-state index in [0.717, 1.165) is 139 Å². The third kappa shape index (κ3) is 24.1. The highest BCUT2D eigenvalue weighted by atomic mass is 32.3. The van der Waals surface area contributed by atoms with Gasteiger partial charge in [0.05, 0.1) is 54.9 Å². The number of hydrazine groups is 1. The Hall–Kier alpha value is -10.4. The van der Waals surface area contributed by atoms with E-state index in [0.29, 0.717) is 114 Å². The van der Waals surface area contributed by atoms with Crippen LogP contribution < -0.4 is 27.6 Å². The molecule has 10 bridgehead atoms. The van der Waals surface area contributed by atoms with Gasteiger partial charge in [0.15, 0.2) is 5.78 Å². The molecule has 0 spiro atoms. The van der Waals surface area contributed by atoms with E-state index in [1.807, 2.05) is 117 Å². The number of amides is 13. The van der Waals surface area contributed by atoms with E-state index < -0.39 is 34.6 Å². The molecular weight excluding hydrogens is 1820 g/mol. The molecule has 41 nitrogen and oxygen atoms in total.